The van der Waals surface area contributed by atoms with Crippen LogP contribution in [-0.4, -0.2) is 62.3 Å². The predicted octanol–water partition coefficient (Wildman–Crippen LogP) is 1.91. The Kier molecular flexibility index (Phi) is 5.85. The molecule has 0 radical (unpaired) electrons. The molecule has 8 nitrogen and oxygen atoms in total. The van der Waals surface area contributed by atoms with Gasteiger partial charge in [0.05, 0.1) is 6.61 Å². The fraction of sp³-hybridized carbons (Fsp3) is 0.368. The van der Waals surface area contributed by atoms with Gasteiger partial charge in [-0.15, -0.1) is 0 Å². The average molecular weight is 406 g/mol. The first-order chi connectivity index (χ1) is 13.3. The van der Waals surface area contributed by atoms with Crippen LogP contribution in [-0.2, 0) is 14.8 Å². The number of furan rings is 1. The van der Waals surface area contributed by atoms with Crippen LogP contribution in [0.25, 0.3) is 0 Å². The van der Waals surface area contributed by atoms with Gasteiger partial charge in [-0.2, -0.15) is 4.31 Å². The van der Waals surface area contributed by atoms with E-state index in [-0.39, 0.29) is 49.5 Å². The Bertz CT molecular complexity index is 974. The first-order valence-electron chi connectivity index (χ1n) is 8.96. The number of aryl methyl sites for hydroxylation is 1. The van der Waals surface area contributed by atoms with Gasteiger partial charge in [-0.05, 0) is 38.1 Å². The first-order valence-corrected chi connectivity index (χ1v) is 10.4. The second kappa shape index (κ2) is 8.15. The minimum Gasteiger partial charge on any atom is -0.460 e. The summed E-state index contributed by atoms with van der Waals surface area (Å²) in [7, 11) is -3.89. The molecule has 0 unspecified atom stereocenters. The zero-order valence-corrected chi connectivity index (χ0v) is 16.6. The Hall–Kier alpha value is -2.65. The quantitative estimate of drug-likeness (QED) is 0.704. The smallest absolute Gasteiger partial charge is 0.374 e. The van der Waals surface area contributed by atoms with Crippen LogP contribution >= 0.6 is 0 Å². The van der Waals surface area contributed by atoms with Gasteiger partial charge >= 0.3 is 5.97 Å². The van der Waals surface area contributed by atoms with E-state index >= 15 is 0 Å². The van der Waals surface area contributed by atoms with E-state index in [2.05, 4.69) is 0 Å². The number of benzene rings is 1. The summed E-state index contributed by atoms with van der Waals surface area (Å²) in [6.07, 6.45) is 0. The van der Waals surface area contributed by atoms with E-state index in [4.69, 9.17) is 9.15 Å². The summed E-state index contributed by atoms with van der Waals surface area (Å²) in [4.78, 5) is 25.9. The fourth-order valence-corrected chi connectivity index (χ4v) is 4.32. The number of ether oxygens (including phenoxy) is 1. The third-order valence-electron chi connectivity index (χ3n) is 4.44. The topological polar surface area (TPSA) is 97.1 Å². The second-order valence-electron chi connectivity index (χ2n) is 6.40. The van der Waals surface area contributed by atoms with Crippen LogP contribution in [0, 0.1) is 6.92 Å². The Labute approximate surface area is 163 Å². The molecule has 1 fully saturated rings. The molecule has 1 amide bonds. The lowest BCUT2D eigenvalue weighted by atomic mass is 10.1. The van der Waals surface area contributed by atoms with Gasteiger partial charge in [0.15, 0.2) is 0 Å². The monoisotopic (exact) mass is 406 g/mol. The van der Waals surface area contributed by atoms with Gasteiger partial charge in [-0.25, -0.2) is 13.2 Å². The second-order valence-corrected chi connectivity index (χ2v) is 8.27. The SMILES string of the molecule is CCOC(=O)c1ccc(S(=O)(=O)N2CCN(C(=O)c3cccc(C)c3)CC2)o1. The van der Waals surface area contributed by atoms with Crippen molar-refractivity contribution in [1.82, 2.24) is 9.21 Å². The lowest BCUT2D eigenvalue weighted by molar-refractivity contribution is 0.0483. The maximum atomic E-state index is 12.7. The van der Waals surface area contributed by atoms with Crippen LogP contribution in [0.2, 0.25) is 0 Å². The number of piperazine rings is 1. The van der Waals surface area contributed by atoms with Crippen molar-refractivity contribution in [3.63, 3.8) is 0 Å². The van der Waals surface area contributed by atoms with E-state index in [1.165, 1.54) is 16.4 Å². The molecule has 1 saturated heterocycles. The number of hydrogen-bond acceptors (Lipinski definition) is 6. The van der Waals surface area contributed by atoms with Gasteiger partial charge in [-0.1, -0.05) is 17.7 Å². The van der Waals surface area contributed by atoms with Crippen molar-refractivity contribution in [1.29, 1.82) is 0 Å². The Morgan fingerprint density at radius 3 is 2.46 bits per heavy atom. The van der Waals surface area contributed by atoms with Gasteiger partial charge < -0.3 is 14.1 Å². The number of amides is 1. The minimum absolute atomic E-state index is 0.122. The van der Waals surface area contributed by atoms with Gasteiger partial charge in [0.1, 0.15) is 0 Å². The number of sulfonamides is 1. The molecule has 1 aromatic carbocycles. The zero-order chi connectivity index (χ0) is 20.3. The highest BCUT2D eigenvalue weighted by atomic mass is 32.2. The Morgan fingerprint density at radius 2 is 1.82 bits per heavy atom. The van der Waals surface area contributed by atoms with Crippen LogP contribution in [0.15, 0.2) is 45.9 Å². The van der Waals surface area contributed by atoms with Crippen LogP contribution in [0.1, 0.15) is 33.4 Å². The summed E-state index contributed by atoms with van der Waals surface area (Å²) in [5.74, 6) is -0.991. The number of nitrogens with zero attached hydrogens (tertiary/aromatic N) is 2. The molecule has 3 rings (SSSR count). The molecular weight excluding hydrogens is 384 g/mol. The van der Waals surface area contributed by atoms with Crippen molar-refractivity contribution >= 4 is 21.9 Å². The summed E-state index contributed by atoms with van der Waals surface area (Å²) in [5.41, 5.74) is 1.57. The molecular formula is C19H22N2O6S. The minimum atomic E-state index is -3.89. The summed E-state index contributed by atoms with van der Waals surface area (Å²) in [6.45, 7) is 4.57. The van der Waals surface area contributed by atoms with Gasteiger partial charge in [-0.3, -0.25) is 4.79 Å². The molecule has 0 saturated carbocycles. The van der Waals surface area contributed by atoms with E-state index in [9.17, 15) is 18.0 Å². The van der Waals surface area contributed by atoms with E-state index in [0.29, 0.717) is 5.56 Å². The summed E-state index contributed by atoms with van der Waals surface area (Å²) < 4.78 is 36.7. The molecule has 0 aliphatic carbocycles. The third kappa shape index (κ3) is 4.10. The first kappa shape index (κ1) is 20.1. The predicted molar refractivity (Wildman–Crippen MR) is 101 cm³/mol. The van der Waals surface area contributed by atoms with Crippen molar-refractivity contribution in [2.24, 2.45) is 0 Å². The van der Waals surface area contributed by atoms with Crippen molar-refractivity contribution in [3.05, 3.63) is 53.3 Å². The fourth-order valence-electron chi connectivity index (χ4n) is 2.99. The molecule has 0 N–H and O–H groups in total. The molecule has 1 aliphatic rings. The number of esters is 1. The highest BCUT2D eigenvalue weighted by molar-refractivity contribution is 7.89. The molecule has 150 valence electrons. The highest BCUT2D eigenvalue weighted by Crippen LogP contribution is 2.21. The van der Waals surface area contributed by atoms with E-state index in [1.807, 2.05) is 25.1 Å². The van der Waals surface area contributed by atoms with Crippen LogP contribution in [0.3, 0.4) is 0 Å². The van der Waals surface area contributed by atoms with Crippen LogP contribution in [0.5, 0.6) is 0 Å². The molecule has 0 spiro atoms. The van der Waals surface area contributed by atoms with Gasteiger partial charge in [0, 0.05) is 31.7 Å². The Morgan fingerprint density at radius 1 is 1.11 bits per heavy atom. The van der Waals surface area contributed by atoms with Crippen LogP contribution < -0.4 is 0 Å². The van der Waals surface area contributed by atoms with Crippen molar-refractivity contribution in [2.75, 3.05) is 32.8 Å². The van der Waals surface area contributed by atoms with Crippen LogP contribution in [0.4, 0.5) is 0 Å². The van der Waals surface area contributed by atoms with E-state index in [0.717, 1.165) is 5.56 Å². The number of hydrogen-bond donors (Lipinski definition) is 0. The molecule has 28 heavy (non-hydrogen) atoms. The zero-order valence-electron chi connectivity index (χ0n) is 15.8. The number of rotatable bonds is 5. The molecule has 2 heterocycles. The molecule has 1 aromatic heterocycles. The third-order valence-corrected chi connectivity index (χ3v) is 6.22. The maximum Gasteiger partial charge on any atom is 0.374 e. The largest absolute Gasteiger partial charge is 0.460 e. The normalized spacial score (nSPS) is 15.4. The average Bonchev–Trinajstić information content (AvgIpc) is 3.19. The van der Waals surface area contributed by atoms with E-state index in [1.54, 1.807) is 17.9 Å². The number of carbonyl (C=O) groups is 2. The van der Waals surface area contributed by atoms with E-state index < -0.39 is 16.0 Å². The lowest BCUT2D eigenvalue weighted by Crippen LogP contribution is -2.50. The molecule has 9 heteroatoms. The standard InChI is InChI=1S/C19H22N2O6S/c1-3-26-19(23)16-7-8-17(27-16)28(24,25)21-11-9-20(10-12-21)18(22)15-6-4-5-14(2)13-15/h4-8,13H,3,9-12H2,1-2H3. The van der Waals surface area contributed by atoms with Crippen molar-refractivity contribution in [2.45, 2.75) is 18.9 Å². The maximum absolute atomic E-state index is 12.7. The molecule has 0 bridgehead atoms. The van der Waals surface area contributed by atoms with Gasteiger partial charge in [0.2, 0.25) is 10.9 Å². The summed E-state index contributed by atoms with van der Waals surface area (Å²) in [6, 6.07) is 9.81. The number of carbonyl (C=O) groups excluding carboxylic acids is 2. The molecule has 0 atom stereocenters. The molecule has 1 aliphatic heterocycles. The van der Waals surface area contributed by atoms with Crippen molar-refractivity contribution < 1.29 is 27.2 Å². The van der Waals surface area contributed by atoms with Gasteiger partial charge in [0.25, 0.3) is 15.9 Å². The molecule has 2 aromatic rings. The van der Waals surface area contributed by atoms with Crippen molar-refractivity contribution in [3.8, 4) is 0 Å². The Balaban J connectivity index is 1.67. The summed E-state index contributed by atoms with van der Waals surface area (Å²) in [5, 5.41) is -0.311. The lowest BCUT2D eigenvalue weighted by Gasteiger charge is -2.33. The summed E-state index contributed by atoms with van der Waals surface area (Å²) >= 11 is 0. The highest BCUT2D eigenvalue weighted by Gasteiger charge is 2.33.